The highest BCUT2D eigenvalue weighted by atomic mass is 32.1. The lowest BCUT2D eigenvalue weighted by atomic mass is 10.1. The molecule has 0 aliphatic carbocycles. The second-order valence-corrected chi connectivity index (χ2v) is 6.09. The monoisotopic (exact) mass is 328 g/mol. The van der Waals surface area contributed by atoms with Gasteiger partial charge in [-0.05, 0) is 25.1 Å². The summed E-state index contributed by atoms with van der Waals surface area (Å²) in [6, 6.07) is 7.13. The number of nitrogens with zero attached hydrogens (tertiary/aromatic N) is 5. The van der Waals surface area contributed by atoms with Crippen LogP contribution in [0.1, 0.15) is 34.0 Å². The van der Waals surface area contributed by atoms with Crippen molar-refractivity contribution in [3.63, 3.8) is 0 Å². The van der Waals surface area contributed by atoms with Crippen LogP contribution in [0.25, 0.3) is 11.4 Å². The number of amides is 1. The normalized spacial score (nSPS) is 12.1. The molecule has 1 aromatic carbocycles. The fourth-order valence-corrected chi connectivity index (χ4v) is 3.13. The summed E-state index contributed by atoms with van der Waals surface area (Å²) in [5.41, 5.74) is 2.15. The van der Waals surface area contributed by atoms with Crippen LogP contribution in [0.15, 0.2) is 29.6 Å². The minimum atomic E-state index is -0.112. The zero-order chi connectivity index (χ0) is 16.4. The minimum Gasteiger partial charge on any atom is -0.332 e. The van der Waals surface area contributed by atoms with E-state index in [1.807, 2.05) is 37.4 Å². The number of hydrogen-bond acceptors (Lipinski definition) is 6. The van der Waals surface area contributed by atoms with Gasteiger partial charge in [0.2, 0.25) is 5.82 Å². The van der Waals surface area contributed by atoms with Crippen LogP contribution in [0.5, 0.6) is 0 Å². The fraction of sp³-hybridized carbons (Fsp3) is 0.267. The summed E-state index contributed by atoms with van der Waals surface area (Å²) < 4.78 is 0. The Hall–Kier alpha value is -2.61. The van der Waals surface area contributed by atoms with Gasteiger partial charge in [-0.15, -0.1) is 21.5 Å². The van der Waals surface area contributed by atoms with Crippen LogP contribution in [0.3, 0.4) is 0 Å². The first-order valence-electron chi connectivity index (χ1n) is 7.10. The summed E-state index contributed by atoms with van der Waals surface area (Å²) in [6.07, 6.45) is 0. The second-order valence-electron chi connectivity index (χ2n) is 5.20. The Morgan fingerprint density at radius 1 is 1.35 bits per heavy atom. The molecule has 0 fully saturated rings. The van der Waals surface area contributed by atoms with E-state index < -0.39 is 0 Å². The Morgan fingerprint density at radius 2 is 2.13 bits per heavy atom. The Balaban J connectivity index is 1.91. The number of rotatable bonds is 4. The Kier molecular flexibility index (Phi) is 4.16. The smallest absolute Gasteiger partial charge is 0.254 e. The van der Waals surface area contributed by atoms with Crippen molar-refractivity contribution in [2.24, 2.45) is 0 Å². The van der Waals surface area contributed by atoms with E-state index >= 15 is 0 Å². The fourth-order valence-electron chi connectivity index (χ4n) is 2.24. The van der Waals surface area contributed by atoms with E-state index in [2.05, 4.69) is 25.6 Å². The summed E-state index contributed by atoms with van der Waals surface area (Å²) in [6.45, 7) is 3.91. The molecule has 1 atom stereocenters. The molecule has 2 heterocycles. The molecule has 3 aromatic rings. The molecule has 3 rings (SSSR count). The van der Waals surface area contributed by atoms with Gasteiger partial charge in [-0.3, -0.25) is 4.79 Å². The number of benzene rings is 1. The van der Waals surface area contributed by atoms with E-state index in [0.29, 0.717) is 17.0 Å². The van der Waals surface area contributed by atoms with Crippen LogP contribution in [-0.4, -0.2) is 43.5 Å². The lowest BCUT2D eigenvalue weighted by molar-refractivity contribution is 0.0743. The lowest BCUT2D eigenvalue weighted by Crippen LogP contribution is -2.30. The van der Waals surface area contributed by atoms with E-state index in [-0.39, 0.29) is 11.9 Å². The number of hydrogen-bond donors (Lipinski definition) is 1. The van der Waals surface area contributed by atoms with E-state index in [1.165, 1.54) is 0 Å². The van der Waals surface area contributed by atoms with Crippen LogP contribution < -0.4 is 0 Å². The van der Waals surface area contributed by atoms with Crippen molar-refractivity contribution in [3.05, 3.63) is 45.9 Å². The molecule has 0 spiro atoms. The Bertz CT molecular complexity index is 813. The molecule has 1 amide bonds. The maximum absolute atomic E-state index is 12.9. The predicted molar refractivity (Wildman–Crippen MR) is 87.0 cm³/mol. The van der Waals surface area contributed by atoms with E-state index in [1.54, 1.807) is 29.4 Å². The lowest BCUT2D eigenvalue weighted by Gasteiger charge is -2.24. The van der Waals surface area contributed by atoms with Gasteiger partial charge in [-0.1, -0.05) is 18.2 Å². The zero-order valence-electron chi connectivity index (χ0n) is 13.0. The number of thiazole rings is 1. The number of aromatic amines is 1. The van der Waals surface area contributed by atoms with Gasteiger partial charge in [0.15, 0.2) is 0 Å². The summed E-state index contributed by atoms with van der Waals surface area (Å²) >= 11 is 1.56. The average molecular weight is 328 g/mol. The molecule has 0 saturated heterocycles. The van der Waals surface area contributed by atoms with Gasteiger partial charge in [-0.2, -0.15) is 5.21 Å². The first kappa shape index (κ1) is 15.3. The maximum atomic E-state index is 12.9. The van der Waals surface area contributed by atoms with Gasteiger partial charge in [0.1, 0.15) is 5.01 Å². The molecule has 7 nitrogen and oxygen atoms in total. The van der Waals surface area contributed by atoms with Gasteiger partial charge in [0.05, 0.1) is 11.6 Å². The number of aromatic nitrogens is 5. The van der Waals surface area contributed by atoms with Gasteiger partial charge in [-0.25, -0.2) is 4.98 Å². The van der Waals surface area contributed by atoms with Crippen LogP contribution in [0.2, 0.25) is 0 Å². The largest absolute Gasteiger partial charge is 0.332 e. The van der Waals surface area contributed by atoms with Crippen LogP contribution in [0, 0.1) is 6.92 Å². The molecule has 2 aromatic heterocycles. The summed E-state index contributed by atoms with van der Waals surface area (Å²) in [5.74, 6) is 0.297. The molecule has 1 N–H and O–H groups in total. The van der Waals surface area contributed by atoms with E-state index in [0.717, 1.165) is 10.7 Å². The summed E-state index contributed by atoms with van der Waals surface area (Å²) in [4.78, 5) is 19.0. The molecule has 0 aliphatic rings. The van der Waals surface area contributed by atoms with Crippen molar-refractivity contribution in [1.82, 2.24) is 30.5 Å². The standard InChI is InChI=1S/C15H16N6OS/c1-9-8-23-14(16-9)10(2)21(3)15(22)12-7-5-4-6-11(12)13-17-19-20-18-13/h4-8,10H,1-3H3,(H,17,18,19,20). The van der Waals surface area contributed by atoms with E-state index in [9.17, 15) is 4.79 Å². The number of tetrazole rings is 1. The minimum absolute atomic E-state index is 0.106. The topological polar surface area (TPSA) is 87.7 Å². The van der Waals surface area contributed by atoms with Crippen molar-refractivity contribution >= 4 is 17.2 Å². The molecule has 8 heteroatoms. The quantitative estimate of drug-likeness (QED) is 0.795. The summed E-state index contributed by atoms with van der Waals surface area (Å²) in [7, 11) is 1.77. The number of nitrogens with one attached hydrogen (secondary N) is 1. The van der Waals surface area contributed by atoms with Crippen molar-refractivity contribution in [2.45, 2.75) is 19.9 Å². The molecular weight excluding hydrogens is 312 g/mol. The van der Waals surface area contributed by atoms with Crippen molar-refractivity contribution in [3.8, 4) is 11.4 Å². The SMILES string of the molecule is Cc1csc(C(C)N(C)C(=O)c2ccccc2-c2nn[nH]n2)n1. The second kappa shape index (κ2) is 6.25. The maximum Gasteiger partial charge on any atom is 0.254 e. The molecule has 118 valence electrons. The highest BCUT2D eigenvalue weighted by Crippen LogP contribution is 2.26. The predicted octanol–water partition coefficient (Wildman–Crippen LogP) is 2.46. The van der Waals surface area contributed by atoms with Crippen LogP contribution in [-0.2, 0) is 0 Å². The molecular formula is C15H16N6OS. The van der Waals surface area contributed by atoms with Crippen molar-refractivity contribution in [2.75, 3.05) is 7.05 Å². The van der Waals surface area contributed by atoms with Crippen LogP contribution in [0.4, 0.5) is 0 Å². The van der Waals surface area contributed by atoms with Gasteiger partial charge in [0.25, 0.3) is 5.91 Å². The summed E-state index contributed by atoms with van der Waals surface area (Å²) in [5, 5.41) is 16.8. The van der Waals surface area contributed by atoms with E-state index in [4.69, 9.17) is 0 Å². The molecule has 0 saturated carbocycles. The number of H-pyrrole nitrogens is 1. The molecule has 1 unspecified atom stereocenters. The highest BCUT2D eigenvalue weighted by molar-refractivity contribution is 7.09. The molecule has 0 radical (unpaired) electrons. The molecule has 23 heavy (non-hydrogen) atoms. The average Bonchev–Trinajstić information content (AvgIpc) is 3.24. The third-order valence-corrected chi connectivity index (χ3v) is 4.77. The van der Waals surface area contributed by atoms with Crippen molar-refractivity contribution < 1.29 is 4.79 Å². The zero-order valence-corrected chi connectivity index (χ0v) is 13.8. The Morgan fingerprint density at radius 3 is 2.78 bits per heavy atom. The number of carbonyl (C=O) groups is 1. The molecule has 0 aliphatic heterocycles. The highest BCUT2D eigenvalue weighted by Gasteiger charge is 2.24. The van der Waals surface area contributed by atoms with Gasteiger partial charge in [0, 0.05) is 23.7 Å². The van der Waals surface area contributed by atoms with Gasteiger partial charge >= 0.3 is 0 Å². The third kappa shape index (κ3) is 2.98. The molecule has 0 bridgehead atoms. The Labute approximate surface area is 137 Å². The first-order valence-corrected chi connectivity index (χ1v) is 7.98. The van der Waals surface area contributed by atoms with Gasteiger partial charge < -0.3 is 4.90 Å². The van der Waals surface area contributed by atoms with Crippen molar-refractivity contribution in [1.29, 1.82) is 0 Å². The van der Waals surface area contributed by atoms with Crippen LogP contribution >= 0.6 is 11.3 Å². The first-order chi connectivity index (χ1) is 11.1. The third-order valence-electron chi connectivity index (χ3n) is 3.64. The number of aryl methyl sites for hydroxylation is 1. The number of carbonyl (C=O) groups excluding carboxylic acids is 1.